The zero-order chi connectivity index (χ0) is 3.41. The first-order chi connectivity index (χ1) is 1.91. The van der Waals surface area contributed by atoms with Crippen molar-refractivity contribution >= 4 is 33.7 Å². The monoisotopic (exact) mass is 85.0 g/mol. The zero-order valence-electron chi connectivity index (χ0n) is 2.01. The highest BCUT2D eigenvalue weighted by atomic mass is 32.4. The molecule has 0 saturated heterocycles. The molecular weight excluding hydrogens is 84.7 g/mol. The van der Waals surface area contributed by atoms with Crippen LogP contribution in [0.3, 0.4) is 0 Å². The van der Waals surface area contributed by atoms with Gasteiger partial charge in [-0.05, 0) is 0 Å². The zero-order valence-corrected chi connectivity index (χ0v) is 3.72. The third-order valence-electron chi connectivity index (χ3n) is 0.0609. The molecule has 0 fully saturated rings. The van der Waals surface area contributed by atoms with Gasteiger partial charge in [-0.25, -0.2) is 0 Å². The van der Waals surface area contributed by atoms with Gasteiger partial charge in [0.15, 0.2) is 0 Å². The van der Waals surface area contributed by atoms with Crippen molar-refractivity contribution in [2.75, 3.05) is 0 Å². The quantitative estimate of drug-likeness (QED) is 0.321. The van der Waals surface area contributed by atoms with Gasteiger partial charge in [0, 0.05) is 7.74 Å². The van der Waals surface area contributed by atoms with E-state index in [0.717, 1.165) is 7.23 Å². The van der Waals surface area contributed by atoms with Gasteiger partial charge in [0.2, 0.25) is 0 Å². The summed E-state index contributed by atoms with van der Waals surface area (Å²) in [5.41, 5.74) is 0. The van der Waals surface area contributed by atoms with E-state index < -0.39 is 0 Å². The van der Waals surface area contributed by atoms with Crippen molar-refractivity contribution in [1.29, 1.82) is 0 Å². The number of hydrogen-bond donors (Lipinski definition) is 0. The van der Waals surface area contributed by atoms with E-state index in [1.165, 1.54) is 6.89 Å². The van der Waals surface area contributed by atoms with Crippen molar-refractivity contribution in [2.45, 2.75) is 0 Å². The largest absolute Gasteiger partial charge is 0.142 e. The molecule has 0 amide bonds. The van der Waals surface area contributed by atoms with Crippen molar-refractivity contribution < 1.29 is 0 Å². The summed E-state index contributed by atoms with van der Waals surface area (Å²) in [5.74, 6) is 0. The first kappa shape index (κ1) is 4.65. The maximum Gasteiger partial charge on any atom is 0.142 e. The van der Waals surface area contributed by atoms with Gasteiger partial charge >= 0.3 is 0 Å². The van der Waals surface area contributed by atoms with E-state index in [2.05, 4.69) is 11.8 Å². The molecule has 0 atom stereocenters. The molecule has 0 rings (SSSR count). The topological polar surface area (TPSA) is 0 Å². The highest BCUT2D eigenvalue weighted by molar-refractivity contribution is 8.11. The van der Waals surface area contributed by atoms with Crippen LogP contribution >= 0.6 is 7.23 Å². The summed E-state index contributed by atoms with van der Waals surface area (Å²) in [4.78, 5) is 0. The minimum atomic E-state index is 0.735. The fourth-order valence-corrected chi connectivity index (χ4v) is 0. The van der Waals surface area contributed by atoms with Crippen LogP contribution in [0.4, 0.5) is 0 Å². The molecule has 0 aliphatic carbocycles. The fraction of sp³-hybridized carbons (Fsp3) is 0. The molecule has 0 aliphatic heterocycles. The smallest absolute Gasteiger partial charge is 0.0968 e. The molecule has 0 spiro atoms. The summed E-state index contributed by atoms with van der Waals surface area (Å²) >= 11 is 4.34. The van der Waals surface area contributed by atoms with Crippen LogP contribution in [0.25, 0.3) is 0 Å². The Morgan fingerprint density at radius 3 is 2.25 bits per heavy atom. The van der Waals surface area contributed by atoms with Crippen LogP contribution in [0.2, 0.25) is 0 Å². The summed E-state index contributed by atoms with van der Waals surface area (Å²) in [7, 11) is 5.52. The Kier molecular flexibility index (Phi) is 4.24. The molecule has 0 heterocycles. The fourth-order valence-electron chi connectivity index (χ4n) is 0. The molecule has 3 radical (unpaired) electrons. The lowest BCUT2D eigenvalue weighted by Crippen LogP contribution is -1.63. The van der Waals surface area contributed by atoms with Crippen LogP contribution in [0.1, 0.15) is 0 Å². The van der Waals surface area contributed by atoms with Crippen LogP contribution < -0.4 is 0 Å². The van der Waals surface area contributed by atoms with E-state index in [0.29, 0.717) is 0 Å². The average molecular weight is 84.7 g/mol. The Balaban J connectivity index is 2.30. The summed E-state index contributed by atoms with van der Waals surface area (Å²) in [6, 6.07) is 0. The Morgan fingerprint density at radius 2 is 2.25 bits per heavy atom. The summed E-state index contributed by atoms with van der Waals surface area (Å²) < 4.78 is 0. The number of hydrogen-bond acceptors (Lipinski definition) is 1. The van der Waals surface area contributed by atoms with E-state index in [4.69, 9.17) is 7.74 Å². The minimum Gasteiger partial charge on any atom is -0.0968 e. The van der Waals surface area contributed by atoms with Gasteiger partial charge in [0.1, 0.15) is 6.89 Å². The average Bonchev–Trinajstić information content (AvgIpc) is 1.37. The van der Waals surface area contributed by atoms with Crippen molar-refractivity contribution in [3.05, 3.63) is 0 Å². The number of rotatable bonds is 1. The Bertz CT molecular complexity index is 20.0. The second kappa shape index (κ2) is 3.65. The molecule has 0 saturated carbocycles. The highest BCUT2D eigenvalue weighted by Crippen LogP contribution is 1.75. The summed E-state index contributed by atoms with van der Waals surface area (Å²) in [6.45, 7) is 1.41. The third kappa shape index (κ3) is 2.65. The third-order valence-corrected chi connectivity index (χ3v) is 0.548. The molecule has 0 aromatic heterocycles. The SMILES string of the molecule is [B][B]P=S. The Morgan fingerprint density at radius 1 is 2.00 bits per heavy atom. The predicted molar refractivity (Wildman–Crippen MR) is 25.8 cm³/mol. The van der Waals surface area contributed by atoms with E-state index >= 15 is 0 Å². The van der Waals surface area contributed by atoms with Crippen LogP contribution in [-0.4, -0.2) is 14.6 Å². The lowest BCUT2D eigenvalue weighted by Gasteiger charge is -1.48. The molecule has 0 N–H and O–H groups in total. The lowest BCUT2D eigenvalue weighted by molar-refractivity contribution is 4.51. The molecule has 0 aromatic carbocycles. The minimum absolute atomic E-state index is 0.735. The van der Waals surface area contributed by atoms with E-state index in [1.54, 1.807) is 0 Å². The highest BCUT2D eigenvalue weighted by Gasteiger charge is 1.55. The maximum absolute atomic E-state index is 4.79. The van der Waals surface area contributed by atoms with Crippen molar-refractivity contribution in [3.8, 4) is 0 Å². The second-order valence-electron chi connectivity index (χ2n) is 0.254. The molecule has 4 heteroatoms. The normalized spacial score (nSPS) is 7.00. The Hall–Kier alpha value is 0.650. The molecule has 0 aromatic rings. The van der Waals surface area contributed by atoms with E-state index in [1.807, 2.05) is 0 Å². The van der Waals surface area contributed by atoms with Crippen molar-refractivity contribution in [3.63, 3.8) is 0 Å². The molecule has 0 nitrogen and oxygen atoms in total. The van der Waals surface area contributed by atoms with E-state index in [-0.39, 0.29) is 0 Å². The summed E-state index contributed by atoms with van der Waals surface area (Å²) in [6.07, 6.45) is 0. The standard InChI is InChI=1S/B2PS/c1-2-3-4. The summed E-state index contributed by atoms with van der Waals surface area (Å²) in [5, 5.41) is 0. The molecule has 17 valence electrons. The molecular formula is B2PS. The van der Waals surface area contributed by atoms with Gasteiger partial charge in [0.25, 0.3) is 0 Å². The molecule has 0 bridgehead atoms. The van der Waals surface area contributed by atoms with Crippen LogP contribution in [0.15, 0.2) is 0 Å². The second-order valence-corrected chi connectivity index (χ2v) is 1.40. The van der Waals surface area contributed by atoms with Gasteiger partial charge in [0.05, 0.1) is 0 Å². The molecule has 4 heavy (non-hydrogen) atoms. The van der Waals surface area contributed by atoms with Gasteiger partial charge in [-0.15, -0.1) is 0 Å². The molecule has 0 aliphatic rings. The van der Waals surface area contributed by atoms with Gasteiger partial charge in [-0.2, -0.15) is 0 Å². The van der Waals surface area contributed by atoms with Crippen LogP contribution in [0.5, 0.6) is 0 Å². The van der Waals surface area contributed by atoms with Crippen LogP contribution in [0, 0.1) is 0 Å². The van der Waals surface area contributed by atoms with Gasteiger partial charge < -0.3 is 0 Å². The lowest BCUT2D eigenvalue weighted by atomic mass is 9.79. The maximum atomic E-state index is 4.79. The predicted octanol–water partition coefficient (Wildman–Crippen LogP) is 0.0972. The first-order valence-electron chi connectivity index (χ1n) is 0.774. The van der Waals surface area contributed by atoms with Gasteiger partial charge in [-0.3, -0.25) is 0 Å². The van der Waals surface area contributed by atoms with Crippen molar-refractivity contribution in [2.24, 2.45) is 0 Å². The van der Waals surface area contributed by atoms with Crippen molar-refractivity contribution in [1.82, 2.24) is 0 Å². The van der Waals surface area contributed by atoms with Gasteiger partial charge in [-0.1, -0.05) is 19.0 Å². The molecule has 0 unspecified atom stereocenters. The first-order valence-corrected chi connectivity index (χ1v) is 2.75. The van der Waals surface area contributed by atoms with Crippen LogP contribution in [-0.2, 0) is 11.8 Å². The van der Waals surface area contributed by atoms with E-state index in [9.17, 15) is 0 Å². The Labute approximate surface area is 34.4 Å².